The molecule has 5 nitrogen and oxygen atoms in total. The Morgan fingerprint density at radius 2 is 2.12 bits per heavy atom. The van der Waals surface area contributed by atoms with Gasteiger partial charge >= 0.3 is 0 Å². The van der Waals surface area contributed by atoms with Crippen LogP contribution in [0.1, 0.15) is 36.8 Å². The number of benzene rings is 1. The fraction of sp³-hybridized carbons (Fsp3) is 0.444. The third kappa shape index (κ3) is 6.42. The molecule has 2 rings (SSSR count). The monoisotopic (exact) mass is 364 g/mol. The van der Waals surface area contributed by atoms with Crippen molar-refractivity contribution in [3.63, 3.8) is 0 Å². The maximum atomic E-state index is 13.5. The molecule has 1 heterocycles. The summed E-state index contributed by atoms with van der Waals surface area (Å²) in [6, 6.07) is 8.83. The van der Waals surface area contributed by atoms with E-state index in [1.54, 1.807) is 24.9 Å². The summed E-state index contributed by atoms with van der Waals surface area (Å²) in [5, 5.41) is 10.5. The Balaban J connectivity index is 1.65. The minimum absolute atomic E-state index is 0.145. The summed E-state index contributed by atoms with van der Waals surface area (Å²) in [6.07, 6.45) is 0. The summed E-state index contributed by atoms with van der Waals surface area (Å²) >= 11 is 1.68. The van der Waals surface area contributed by atoms with Gasteiger partial charge in [0.05, 0.1) is 12.2 Å². The molecule has 25 heavy (non-hydrogen) atoms. The first-order valence-corrected chi connectivity index (χ1v) is 9.46. The third-order valence-electron chi connectivity index (χ3n) is 3.58. The van der Waals surface area contributed by atoms with Gasteiger partial charge in [-0.2, -0.15) is 11.8 Å². The van der Waals surface area contributed by atoms with Crippen LogP contribution in [0.25, 0.3) is 0 Å². The topological polar surface area (TPSA) is 62.5 Å². The summed E-state index contributed by atoms with van der Waals surface area (Å²) in [5.41, 5.74) is 1.69. The summed E-state index contributed by atoms with van der Waals surface area (Å²) < 4.78 is 18.8. The smallest absolute Gasteiger partial charge is 0.191 e. The van der Waals surface area contributed by atoms with Crippen molar-refractivity contribution in [2.45, 2.75) is 32.1 Å². The maximum Gasteiger partial charge on any atom is 0.191 e. The van der Waals surface area contributed by atoms with Crippen LogP contribution in [-0.2, 0) is 12.3 Å². The predicted molar refractivity (Wildman–Crippen MR) is 101 cm³/mol. The van der Waals surface area contributed by atoms with Crippen LogP contribution in [0.4, 0.5) is 4.39 Å². The second-order valence-electron chi connectivity index (χ2n) is 5.87. The number of guanidine groups is 1. The van der Waals surface area contributed by atoms with E-state index in [0.717, 1.165) is 29.3 Å². The molecule has 2 aromatic rings. The first kappa shape index (κ1) is 19.3. The quantitative estimate of drug-likeness (QED) is 0.426. The average Bonchev–Trinajstić information content (AvgIpc) is 3.08. The first-order chi connectivity index (χ1) is 12.1. The predicted octanol–water partition coefficient (Wildman–Crippen LogP) is 3.54. The lowest BCUT2D eigenvalue weighted by Gasteiger charge is -2.10. The van der Waals surface area contributed by atoms with Gasteiger partial charge in [0.15, 0.2) is 11.7 Å². The van der Waals surface area contributed by atoms with Gasteiger partial charge in [-0.05, 0) is 17.5 Å². The van der Waals surface area contributed by atoms with Crippen molar-refractivity contribution in [2.75, 3.05) is 19.3 Å². The van der Waals surface area contributed by atoms with E-state index in [0.29, 0.717) is 24.2 Å². The highest BCUT2D eigenvalue weighted by Crippen LogP contribution is 2.15. The Bertz CT molecular complexity index is 687. The molecule has 0 aliphatic rings. The molecule has 2 N–H and O–H groups in total. The molecule has 0 fully saturated rings. The molecule has 0 unspecified atom stereocenters. The number of halogens is 1. The number of nitrogens with one attached hydrogen (secondary N) is 2. The number of hydrogen-bond acceptors (Lipinski definition) is 4. The van der Waals surface area contributed by atoms with Crippen LogP contribution in [0.15, 0.2) is 39.8 Å². The van der Waals surface area contributed by atoms with Crippen LogP contribution in [0.5, 0.6) is 0 Å². The van der Waals surface area contributed by atoms with Crippen LogP contribution in [0, 0.1) is 5.82 Å². The Morgan fingerprint density at radius 3 is 2.80 bits per heavy atom. The molecule has 0 bridgehead atoms. The zero-order valence-corrected chi connectivity index (χ0v) is 15.7. The van der Waals surface area contributed by atoms with Gasteiger partial charge in [0.25, 0.3) is 0 Å². The molecular formula is C18H25FN4OS. The Labute approximate surface area is 152 Å². The Kier molecular flexibility index (Phi) is 7.78. The number of nitrogens with zero attached hydrogens (tertiary/aromatic N) is 2. The van der Waals surface area contributed by atoms with Crippen molar-refractivity contribution in [2.24, 2.45) is 4.99 Å². The molecule has 1 aromatic heterocycles. The second-order valence-corrected chi connectivity index (χ2v) is 6.97. The summed E-state index contributed by atoms with van der Waals surface area (Å²) in [5.74, 6) is 3.20. The van der Waals surface area contributed by atoms with Crippen molar-refractivity contribution in [1.29, 1.82) is 0 Å². The van der Waals surface area contributed by atoms with Gasteiger partial charge in [0.2, 0.25) is 0 Å². The number of hydrogen-bond donors (Lipinski definition) is 2. The number of rotatable bonds is 8. The third-order valence-corrected chi connectivity index (χ3v) is 4.58. The number of aliphatic imine (C=N–C) groups is 1. The Morgan fingerprint density at radius 1 is 1.32 bits per heavy atom. The van der Waals surface area contributed by atoms with Gasteiger partial charge in [-0.3, -0.25) is 4.99 Å². The molecule has 0 spiro atoms. The molecule has 7 heteroatoms. The fourth-order valence-electron chi connectivity index (χ4n) is 2.11. The van der Waals surface area contributed by atoms with Crippen LogP contribution in [0.2, 0.25) is 0 Å². The standard InChI is InChI=1S/C18H25FN4OS/c1-13(2)17-10-15(24-23-17)11-22-18(20-3)21-8-9-25-12-14-6-4-5-7-16(14)19/h4-7,10,13H,8-9,11-12H2,1-3H3,(H2,20,21,22). The largest absolute Gasteiger partial charge is 0.359 e. The van der Waals surface area contributed by atoms with Gasteiger partial charge in [-0.25, -0.2) is 4.39 Å². The molecule has 0 aliphatic heterocycles. The highest BCUT2D eigenvalue weighted by Gasteiger charge is 2.08. The zero-order valence-electron chi connectivity index (χ0n) is 14.9. The van der Waals surface area contributed by atoms with Gasteiger partial charge in [0, 0.05) is 31.2 Å². The van der Waals surface area contributed by atoms with E-state index in [2.05, 4.69) is 34.6 Å². The summed E-state index contributed by atoms with van der Waals surface area (Å²) in [4.78, 5) is 4.18. The van der Waals surface area contributed by atoms with Crippen molar-refractivity contribution < 1.29 is 8.91 Å². The molecule has 0 saturated carbocycles. The van der Waals surface area contributed by atoms with Gasteiger partial charge in [0.1, 0.15) is 5.82 Å². The van der Waals surface area contributed by atoms with E-state index in [-0.39, 0.29) is 5.82 Å². The van der Waals surface area contributed by atoms with Crippen molar-refractivity contribution in [3.05, 3.63) is 53.2 Å². The minimum Gasteiger partial charge on any atom is -0.359 e. The van der Waals surface area contributed by atoms with Gasteiger partial charge < -0.3 is 15.2 Å². The Hall–Kier alpha value is -2.02. The van der Waals surface area contributed by atoms with E-state index in [4.69, 9.17) is 4.52 Å². The highest BCUT2D eigenvalue weighted by atomic mass is 32.2. The van der Waals surface area contributed by atoms with E-state index < -0.39 is 0 Å². The van der Waals surface area contributed by atoms with E-state index in [1.807, 2.05) is 18.2 Å². The molecule has 0 aliphatic carbocycles. The molecule has 0 atom stereocenters. The van der Waals surface area contributed by atoms with E-state index in [1.165, 1.54) is 6.07 Å². The average molecular weight is 364 g/mol. The molecule has 136 valence electrons. The van der Waals surface area contributed by atoms with Crippen LogP contribution >= 0.6 is 11.8 Å². The second kappa shape index (κ2) is 10.1. The van der Waals surface area contributed by atoms with Crippen LogP contribution < -0.4 is 10.6 Å². The lowest BCUT2D eigenvalue weighted by Crippen LogP contribution is -2.37. The first-order valence-electron chi connectivity index (χ1n) is 8.31. The molecule has 0 saturated heterocycles. The van der Waals surface area contributed by atoms with Crippen molar-refractivity contribution >= 4 is 17.7 Å². The highest BCUT2D eigenvalue weighted by molar-refractivity contribution is 7.98. The lowest BCUT2D eigenvalue weighted by molar-refractivity contribution is 0.372. The van der Waals surface area contributed by atoms with E-state index in [9.17, 15) is 4.39 Å². The summed E-state index contributed by atoms with van der Waals surface area (Å²) in [6.45, 7) is 5.43. The molecule has 1 aromatic carbocycles. The normalized spacial score (nSPS) is 11.8. The fourth-order valence-corrected chi connectivity index (χ4v) is 2.96. The van der Waals surface area contributed by atoms with Gasteiger partial charge in [-0.15, -0.1) is 0 Å². The zero-order chi connectivity index (χ0) is 18.1. The van der Waals surface area contributed by atoms with Gasteiger partial charge in [-0.1, -0.05) is 37.2 Å². The minimum atomic E-state index is -0.145. The molecule has 0 radical (unpaired) electrons. The molecule has 0 amide bonds. The lowest BCUT2D eigenvalue weighted by atomic mass is 10.1. The van der Waals surface area contributed by atoms with Crippen molar-refractivity contribution in [1.82, 2.24) is 15.8 Å². The molecular weight excluding hydrogens is 339 g/mol. The van der Waals surface area contributed by atoms with Crippen molar-refractivity contribution in [3.8, 4) is 0 Å². The number of aromatic nitrogens is 1. The van der Waals surface area contributed by atoms with Crippen LogP contribution in [-0.4, -0.2) is 30.5 Å². The maximum absolute atomic E-state index is 13.5. The number of thioether (sulfide) groups is 1. The summed E-state index contributed by atoms with van der Waals surface area (Å²) in [7, 11) is 1.72. The SMILES string of the molecule is CN=C(NCCSCc1ccccc1F)NCc1cc(C(C)C)no1. The van der Waals surface area contributed by atoms with Crippen LogP contribution in [0.3, 0.4) is 0 Å². The van der Waals surface area contributed by atoms with E-state index >= 15 is 0 Å².